The van der Waals surface area contributed by atoms with E-state index in [9.17, 15) is 9.59 Å². The second kappa shape index (κ2) is 7.05. The first-order valence-corrected chi connectivity index (χ1v) is 9.87. The van der Waals surface area contributed by atoms with Gasteiger partial charge in [0.15, 0.2) is 5.69 Å². The van der Waals surface area contributed by atoms with Crippen LogP contribution in [0.4, 0.5) is 0 Å². The summed E-state index contributed by atoms with van der Waals surface area (Å²) in [6, 6.07) is 2.15. The standard InChI is InChI=1S/C20H32N4O2/c1-13(2)21-18(25)15-8-10-23(11-9-15)19(26)16-12-17(14-6-7-14)24(22-16)20(3,4)5/h12-15H,6-11H2,1-5H3,(H,21,25). The number of piperidine rings is 1. The van der Waals surface area contributed by atoms with Gasteiger partial charge in [-0.15, -0.1) is 0 Å². The molecule has 1 aromatic heterocycles. The normalized spacial score (nSPS) is 19.1. The first kappa shape index (κ1) is 18.9. The number of rotatable bonds is 4. The lowest BCUT2D eigenvalue weighted by Crippen LogP contribution is -2.44. The third kappa shape index (κ3) is 4.10. The van der Waals surface area contributed by atoms with E-state index in [1.165, 1.54) is 18.5 Å². The van der Waals surface area contributed by atoms with Crippen LogP contribution in [-0.2, 0) is 10.3 Å². The van der Waals surface area contributed by atoms with Crippen LogP contribution in [0, 0.1) is 5.92 Å². The molecule has 6 heteroatoms. The highest BCUT2D eigenvalue weighted by Gasteiger charge is 2.34. The molecule has 3 rings (SSSR count). The lowest BCUT2D eigenvalue weighted by molar-refractivity contribution is -0.126. The van der Waals surface area contributed by atoms with Gasteiger partial charge in [-0.2, -0.15) is 5.10 Å². The fourth-order valence-corrected chi connectivity index (χ4v) is 3.62. The molecule has 0 aromatic carbocycles. The van der Waals surface area contributed by atoms with Crippen molar-refractivity contribution in [2.45, 2.75) is 77.8 Å². The molecule has 0 spiro atoms. The van der Waals surface area contributed by atoms with E-state index < -0.39 is 0 Å². The zero-order valence-corrected chi connectivity index (χ0v) is 16.7. The number of hydrogen-bond donors (Lipinski definition) is 1. The van der Waals surface area contributed by atoms with Gasteiger partial charge in [0.25, 0.3) is 5.91 Å². The Kier molecular flexibility index (Phi) is 5.13. The van der Waals surface area contributed by atoms with E-state index in [2.05, 4.69) is 31.2 Å². The quantitative estimate of drug-likeness (QED) is 0.898. The number of aromatic nitrogens is 2. The zero-order valence-electron chi connectivity index (χ0n) is 16.7. The fourth-order valence-electron chi connectivity index (χ4n) is 3.62. The number of likely N-dealkylation sites (tertiary alicyclic amines) is 1. The predicted octanol–water partition coefficient (Wildman–Crippen LogP) is 2.89. The van der Waals surface area contributed by atoms with Crippen LogP contribution < -0.4 is 5.32 Å². The Morgan fingerprint density at radius 1 is 1.15 bits per heavy atom. The molecule has 26 heavy (non-hydrogen) atoms. The van der Waals surface area contributed by atoms with Crippen LogP contribution in [0.15, 0.2) is 6.07 Å². The van der Waals surface area contributed by atoms with E-state index >= 15 is 0 Å². The predicted molar refractivity (Wildman–Crippen MR) is 101 cm³/mol. The van der Waals surface area contributed by atoms with Gasteiger partial charge in [0, 0.05) is 36.7 Å². The van der Waals surface area contributed by atoms with Crippen LogP contribution in [0.25, 0.3) is 0 Å². The second-order valence-corrected chi connectivity index (χ2v) is 9.04. The average Bonchev–Trinajstić information content (AvgIpc) is 3.30. The highest BCUT2D eigenvalue weighted by Crippen LogP contribution is 2.41. The minimum absolute atomic E-state index is 0.00221. The van der Waals surface area contributed by atoms with E-state index in [0.717, 1.165) is 12.8 Å². The van der Waals surface area contributed by atoms with Crippen molar-refractivity contribution in [2.75, 3.05) is 13.1 Å². The molecule has 6 nitrogen and oxygen atoms in total. The molecule has 1 aromatic rings. The minimum Gasteiger partial charge on any atom is -0.354 e. The molecule has 2 amide bonds. The summed E-state index contributed by atoms with van der Waals surface area (Å²) in [4.78, 5) is 27.0. The number of nitrogens with zero attached hydrogens (tertiary/aromatic N) is 3. The molecule has 1 aliphatic heterocycles. The first-order valence-electron chi connectivity index (χ1n) is 9.87. The molecular weight excluding hydrogens is 328 g/mol. The van der Waals surface area contributed by atoms with Crippen molar-refractivity contribution in [3.05, 3.63) is 17.5 Å². The number of hydrogen-bond acceptors (Lipinski definition) is 3. The Bertz CT molecular complexity index is 674. The molecule has 1 saturated heterocycles. The van der Waals surface area contributed by atoms with Gasteiger partial charge >= 0.3 is 0 Å². The van der Waals surface area contributed by atoms with E-state index in [1.54, 1.807) is 0 Å². The summed E-state index contributed by atoms with van der Waals surface area (Å²) >= 11 is 0. The number of carbonyl (C=O) groups excluding carboxylic acids is 2. The summed E-state index contributed by atoms with van der Waals surface area (Å²) in [6.07, 6.45) is 3.82. The summed E-state index contributed by atoms with van der Waals surface area (Å²) in [7, 11) is 0. The third-order valence-electron chi connectivity index (χ3n) is 5.17. The Morgan fingerprint density at radius 2 is 1.77 bits per heavy atom. The molecule has 144 valence electrons. The molecule has 0 atom stereocenters. The fraction of sp³-hybridized carbons (Fsp3) is 0.750. The third-order valence-corrected chi connectivity index (χ3v) is 5.17. The topological polar surface area (TPSA) is 67.2 Å². The molecule has 1 saturated carbocycles. The highest BCUT2D eigenvalue weighted by molar-refractivity contribution is 5.92. The summed E-state index contributed by atoms with van der Waals surface area (Å²) in [5.74, 6) is 0.669. The molecule has 0 unspecified atom stereocenters. The second-order valence-electron chi connectivity index (χ2n) is 9.04. The zero-order chi connectivity index (χ0) is 19.1. The molecule has 2 aliphatic rings. The van der Waals surface area contributed by atoms with Gasteiger partial charge in [-0.25, -0.2) is 0 Å². The molecule has 1 aliphatic carbocycles. The van der Waals surface area contributed by atoms with Gasteiger partial charge in [-0.3, -0.25) is 14.3 Å². The summed E-state index contributed by atoms with van der Waals surface area (Å²) in [5.41, 5.74) is 1.61. The lowest BCUT2D eigenvalue weighted by atomic mass is 9.95. The average molecular weight is 361 g/mol. The van der Waals surface area contributed by atoms with Gasteiger partial charge in [0.05, 0.1) is 5.54 Å². The molecule has 0 bridgehead atoms. The molecule has 2 heterocycles. The Morgan fingerprint density at radius 3 is 2.27 bits per heavy atom. The van der Waals surface area contributed by atoms with Gasteiger partial charge in [-0.05, 0) is 66.4 Å². The van der Waals surface area contributed by atoms with Crippen molar-refractivity contribution >= 4 is 11.8 Å². The maximum absolute atomic E-state index is 12.9. The summed E-state index contributed by atoms with van der Waals surface area (Å²) in [6.45, 7) is 11.6. The molecule has 0 radical (unpaired) electrons. The van der Waals surface area contributed by atoms with Gasteiger partial charge in [-0.1, -0.05) is 0 Å². The molecule has 2 fully saturated rings. The van der Waals surface area contributed by atoms with Crippen molar-refractivity contribution in [3.63, 3.8) is 0 Å². The summed E-state index contributed by atoms with van der Waals surface area (Å²) in [5, 5.41) is 7.63. The van der Waals surface area contributed by atoms with Crippen LogP contribution in [0.5, 0.6) is 0 Å². The Balaban J connectivity index is 1.67. The van der Waals surface area contributed by atoms with E-state index in [-0.39, 0.29) is 29.3 Å². The van der Waals surface area contributed by atoms with E-state index in [1.807, 2.05) is 29.5 Å². The van der Waals surface area contributed by atoms with Crippen molar-refractivity contribution in [1.29, 1.82) is 0 Å². The highest BCUT2D eigenvalue weighted by atomic mass is 16.2. The maximum atomic E-state index is 12.9. The van der Waals surface area contributed by atoms with Gasteiger partial charge in [0.2, 0.25) is 5.91 Å². The number of amides is 2. The Labute approximate surface area is 156 Å². The van der Waals surface area contributed by atoms with Crippen LogP contribution in [0.1, 0.15) is 82.4 Å². The lowest BCUT2D eigenvalue weighted by Gasteiger charge is -2.31. The van der Waals surface area contributed by atoms with Crippen molar-refractivity contribution in [3.8, 4) is 0 Å². The van der Waals surface area contributed by atoms with Crippen molar-refractivity contribution < 1.29 is 9.59 Å². The summed E-state index contributed by atoms with van der Waals surface area (Å²) < 4.78 is 2.03. The van der Waals surface area contributed by atoms with Crippen LogP contribution in [0.3, 0.4) is 0 Å². The maximum Gasteiger partial charge on any atom is 0.274 e. The van der Waals surface area contributed by atoms with Crippen molar-refractivity contribution in [1.82, 2.24) is 20.0 Å². The largest absolute Gasteiger partial charge is 0.354 e. The monoisotopic (exact) mass is 360 g/mol. The first-order chi connectivity index (χ1) is 12.2. The smallest absolute Gasteiger partial charge is 0.274 e. The van der Waals surface area contributed by atoms with Crippen LogP contribution in [-0.4, -0.2) is 45.6 Å². The van der Waals surface area contributed by atoms with Crippen LogP contribution in [0.2, 0.25) is 0 Å². The molecule has 1 N–H and O–H groups in total. The molecular formula is C20H32N4O2. The minimum atomic E-state index is -0.127. The number of nitrogens with one attached hydrogen (secondary N) is 1. The Hall–Kier alpha value is -1.85. The van der Waals surface area contributed by atoms with Gasteiger partial charge < -0.3 is 10.2 Å². The SMILES string of the molecule is CC(C)NC(=O)C1CCN(C(=O)c2cc(C3CC3)n(C(C)(C)C)n2)CC1. The van der Waals surface area contributed by atoms with Crippen LogP contribution >= 0.6 is 0 Å². The number of carbonyl (C=O) groups is 2. The van der Waals surface area contributed by atoms with Crippen molar-refractivity contribution in [2.24, 2.45) is 5.92 Å². The van der Waals surface area contributed by atoms with Gasteiger partial charge in [0.1, 0.15) is 0 Å². The van der Waals surface area contributed by atoms with E-state index in [0.29, 0.717) is 24.7 Å². The van der Waals surface area contributed by atoms with E-state index in [4.69, 9.17) is 0 Å².